The summed E-state index contributed by atoms with van der Waals surface area (Å²) >= 11 is 0. The molecular weight excluding hydrogens is 206 g/mol. The average molecular weight is 237 g/mol. The molecule has 100 valence electrons. The second kappa shape index (κ2) is 5.30. The third-order valence-electron chi connectivity index (χ3n) is 5.37. The highest BCUT2D eigenvalue weighted by molar-refractivity contribution is 4.98. The lowest BCUT2D eigenvalue weighted by Gasteiger charge is -2.41. The van der Waals surface area contributed by atoms with Gasteiger partial charge in [0.05, 0.1) is 0 Å². The van der Waals surface area contributed by atoms with Gasteiger partial charge in [-0.1, -0.05) is 40.5 Å². The van der Waals surface area contributed by atoms with Crippen molar-refractivity contribution in [2.45, 2.75) is 72.3 Å². The minimum absolute atomic E-state index is 0.554. The van der Waals surface area contributed by atoms with E-state index in [4.69, 9.17) is 0 Å². The predicted octanol–water partition coefficient (Wildman–Crippen LogP) is 4.23. The van der Waals surface area contributed by atoms with Crippen LogP contribution in [0.3, 0.4) is 0 Å². The second-order valence-electron chi connectivity index (χ2n) is 7.22. The number of fused-ring (bicyclic) bond motifs is 2. The first-order valence-corrected chi connectivity index (χ1v) is 7.78. The molecule has 1 N–H and O–H groups in total. The fraction of sp³-hybridized carbons (Fsp3) is 1.00. The standard InChI is InChI=1S/C16H31N/c1-5-8-16(4,11-17-12(2)3)15-10-13-6-7-14(15)9-13/h12-15,17H,5-11H2,1-4H3. The third kappa shape index (κ3) is 2.86. The van der Waals surface area contributed by atoms with E-state index in [1.54, 1.807) is 6.42 Å². The number of hydrogen-bond donors (Lipinski definition) is 1. The van der Waals surface area contributed by atoms with Gasteiger partial charge < -0.3 is 5.32 Å². The molecule has 0 saturated heterocycles. The lowest BCUT2D eigenvalue weighted by molar-refractivity contribution is 0.103. The molecule has 17 heavy (non-hydrogen) atoms. The maximum Gasteiger partial charge on any atom is 0.00106 e. The summed E-state index contributed by atoms with van der Waals surface area (Å²) in [6.45, 7) is 10.7. The van der Waals surface area contributed by atoms with Crippen LogP contribution in [0, 0.1) is 23.2 Å². The Morgan fingerprint density at radius 3 is 2.47 bits per heavy atom. The Balaban J connectivity index is 2.00. The zero-order valence-corrected chi connectivity index (χ0v) is 12.3. The highest BCUT2D eigenvalue weighted by Gasteiger charge is 2.47. The summed E-state index contributed by atoms with van der Waals surface area (Å²) in [4.78, 5) is 0. The van der Waals surface area contributed by atoms with Crippen LogP contribution >= 0.6 is 0 Å². The van der Waals surface area contributed by atoms with E-state index in [-0.39, 0.29) is 0 Å². The summed E-state index contributed by atoms with van der Waals surface area (Å²) in [5.74, 6) is 3.15. The van der Waals surface area contributed by atoms with Gasteiger partial charge in [0.2, 0.25) is 0 Å². The van der Waals surface area contributed by atoms with Crippen molar-refractivity contribution in [3.8, 4) is 0 Å². The maximum atomic E-state index is 3.71. The first kappa shape index (κ1) is 13.4. The normalized spacial score (nSPS) is 35.5. The van der Waals surface area contributed by atoms with Crippen molar-refractivity contribution in [1.82, 2.24) is 5.32 Å². The SMILES string of the molecule is CCCC(C)(CNC(C)C)C1CC2CCC1C2. The zero-order valence-electron chi connectivity index (χ0n) is 12.3. The van der Waals surface area contributed by atoms with Crippen LogP contribution in [0.1, 0.15) is 66.2 Å². The molecule has 0 radical (unpaired) electrons. The van der Waals surface area contributed by atoms with E-state index < -0.39 is 0 Å². The van der Waals surface area contributed by atoms with Gasteiger partial charge in [-0.15, -0.1) is 0 Å². The molecule has 2 aliphatic rings. The van der Waals surface area contributed by atoms with E-state index >= 15 is 0 Å². The average Bonchev–Trinajstić information content (AvgIpc) is 2.88. The van der Waals surface area contributed by atoms with Crippen LogP contribution in [0.15, 0.2) is 0 Å². The lowest BCUT2D eigenvalue weighted by atomic mass is 9.67. The zero-order chi connectivity index (χ0) is 12.5. The third-order valence-corrected chi connectivity index (χ3v) is 5.37. The molecule has 0 aromatic carbocycles. The fourth-order valence-electron chi connectivity index (χ4n) is 4.51. The molecule has 0 spiro atoms. The molecular formula is C16H31N. The van der Waals surface area contributed by atoms with E-state index in [2.05, 4.69) is 33.0 Å². The number of rotatable bonds is 6. The summed E-state index contributed by atoms with van der Waals surface area (Å²) in [7, 11) is 0. The van der Waals surface area contributed by atoms with Crippen LogP contribution in [0.4, 0.5) is 0 Å². The van der Waals surface area contributed by atoms with Crippen molar-refractivity contribution in [3.63, 3.8) is 0 Å². The van der Waals surface area contributed by atoms with Gasteiger partial charge in [0.15, 0.2) is 0 Å². The molecule has 4 atom stereocenters. The second-order valence-corrected chi connectivity index (χ2v) is 7.22. The van der Waals surface area contributed by atoms with E-state index in [0.717, 1.165) is 17.8 Å². The molecule has 0 aromatic rings. The van der Waals surface area contributed by atoms with Crippen LogP contribution in [0.25, 0.3) is 0 Å². The van der Waals surface area contributed by atoms with Crippen LogP contribution in [-0.2, 0) is 0 Å². The molecule has 2 fully saturated rings. The Morgan fingerprint density at radius 2 is 2.00 bits per heavy atom. The molecule has 2 saturated carbocycles. The van der Waals surface area contributed by atoms with Gasteiger partial charge in [-0.2, -0.15) is 0 Å². The van der Waals surface area contributed by atoms with Crippen molar-refractivity contribution in [2.75, 3.05) is 6.54 Å². The smallest absolute Gasteiger partial charge is 0.00106 e. The Labute approximate surface area is 108 Å². The van der Waals surface area contributed by atoms with Crippen LogP contribution in [-0.4, -0.2) is 12.6 Å². The minimum Gasteiger partial charge on any atom is -0.314 e. The molecule has 1 heteroatoms. The van der Waals surface area contributed by atoms with E-state index in [9.17, 15) is 0 Å². The fourth-order valence-corrected chi connectivity index (χ4v) is 4.51. The Morgan fingerprint density at radius 1 is 1.24 bits per heavy atom. The lowest BCUT2D eigenvalue weighted by Crippen LogP contribution is -2.42. The highest BCUT2D eigenvalue weighted by Crippen LogP contribution is 2.55. The predicted molar refractivity (Wildman–Crippen MR) is 75.1 cm³/mol. The summed E-state index contributed by atoms with van der Waals surface area (Å²) in [5, 5.41) is 3.71. The Kier molecular flexibility index (Phi) is 4.18. The highest BCUT2D eigenvalue weighted by atomic mass is 14.9. The van der Waals surface area contributed by atoms with E-state index in [1.165, 1.54) is 38.6 Å². The van der Waals surface area contributed by atoms with Crippen LogP contribution in [0.5, 0.6) is 0 Å². The Hall–Kier alpha value is -0.0400. The molecule has 4 unspecified atom stereocenters. The first-order chi connectivity index (χ1) is 8.05. The van der Waals surface area contributed by atoms with Crippen LogP contribution in [0.2, 0.25) is 0 Å². The molecule has 0 aliphatic heterocycles. The summed E-state index contributed by atoms with van der Waals surface area (Å²) in [5.41, 5.74) is 0.554. The van der Waals surface area contributed by atoms with Gasteiger partial charge in [0.25, 0.3) is 0 Å². The molecule has 0 amide bonds. The minimum atomic E-state index is 0.554. The van der Waals surface area contributed by atoms with Crippen molar-refractivity contribution in [2.24, 2.45) is 23.2 Å². The molecule has 2 aliphatic carbocycles. The largest absolute Gasteiger partial charge is 0.314 e. The molecule has 0 aromatic heterocycles. The maximum absolute atomic E-state index is 3.71. The molecule has 2 bridgehead atoms. The van der Waals surface area contributed by atoms with Crippen LogP contribution < -0.4 is 5.32 Å². The Bertz CT molecular complexity index is 248. The summed E-state index contributed by atoms with van der Waals surface area (Å²) in [6, 6.07) is 0.629. The number of nitrogens with one attached hydrogen (secondary N) is 1. The molecule has 0 heterocycles. The van der Waals surface area contributed by atoms with Crippen molar-refractivity contribution >= 4 is 0 Å². The number of hydrogen-bond acceptors (Lipinski definition) is 1. The van der Waals surface area contributed by atoms with Crippen molar-refractivity contribution in [3.05, 3.63) is 0 Å². The molecule has 2 rings (SSSR count). The topological polar surface area (TPSA) is 12.0 Å². The first-order valence-electron chi connectivity index (χ1n) is 7.78. The van der Waals surface area contributed by atoms with E-state index in [1.807, 2.05) is 0 Å². The van der Waals surface area contributed by atoms with Crippen molar-refractivity contribution < 1.29 is 0 Å². The van der Waals surface area contributed by atoms with Gasteiger partial charge in [-0.25, -0.2) is 0 Å². The van der Waals surface area contributed by atoms with Gasteiger partial charge in [0, 0.05) is 12.6 Å². The quantitative estimate of drug-likeness (QED) is 0.729. The van der Waals surface area contributed by atoms with Crippen molar-refractivity contribution in [1.29, 1.82) is 0 Å². The molecule has 1 nitrogen and oxygen atoms in total. The van der Waals surface area contributed by atoms with Gasteiger partial charge in [-0.05, 0) is 48.9 Å². The summed E-state index contributed by atoms with van der Waals surface area (Å²) in [6.07, 6.45) is 8.87. The monoisotopic (exact) mass is 237 g/mol. The van der Waals surface area contributed by atoms with Gasteiger partial charge in [-0.3, -0.25) is 0 Å². The summed E-state index contributed by atoms with van der Waals surface area (Å²) < 4.78 is 0. The van der Waals surface area contributed by atoms with Gasteiger partial charge >= 0.3 is 0 Å². The van der Waals surface area contributed by atoms with E-state index in [0.29, 0.717) is 11.5 Å². The van der Waals surface area contributed by atoms with Gasteiger partial charge in [0.1, 0.15) is 0 Å².